The first kappa shape index (κ1) is 13.5. The van der Waals surface area contributed by atoms with E-state index in [0.29, 0.717) is 18.3 Å². The van der Waals surface area contributed by atoms with Crippen LogP contribution < -0.4 is 5.32 Å². The molecule has 0 amide bonds. The molecule has 1 aliphatic carbocycles. The van der Waals surface area contributed by atoms with Gasteiger partial charge in [-0.25, -0.2) is 4.79 Å². The second kappa shape index (κ2) is 5.80. The molecule has 5 heteroatoms. The molecule has 0 spiro atoms. The van der Waals surface area contributed by atoms with Crippen molar-refractivity contribution in [2.24, 2.45) is 0 Å². The molecule has 1 aromatic rings. The lowest BCUT2D eigenvalue weighted by molar-refractivity contribution is 0.0661. The Balaban J connectivity index is 1.88. The number of aromatic carboxylic acids is 1. The molecule has 0 aromatic carbocycles. The molecule has 1 saturated carbocycles. The van der Waals surface area contributed by atoms with Crippen LogP contribution >= 0.6 is 11.8 Å². The summed E-state index contributed by atoms with van der Waals surface area (Å²) in [6.45, 7) is 2.50. The van der Waals surface area contributed by atoms with Gasteiger partial charge >= 0.3 is 5.97 Å². The van der Waals surface area contributed by atoms with Gasteiger partial charge in [0.2, 0.25) is 5.76 Å². The van der Waals surface area contributed by atoms with E-state index in [4.69, 9.17) is 9.52 Å². The van der Waals surface area contributed by atoms with Gasteiger partial charge in [0.1, 0.15) is 5.76 Å². The minimum Gasteiger partial charge on any atom is -0.475 e. The van der Waals surface area contributed by atoms with E-state index in [2.05, 4.69) is 11.6 Å². The predicted molar refractivity (Wildman–Crippen MR) is 72.2 cm³/mol. The van der Waals surface area contributed by atoms with Crippen molar-refractivity contribution in [3.63, 3.8) is 0 Å². The molecular formula is C13H19NO3S. The van der Waals surface area contributed by atoms with Crippen LogP contribution in [0.25, 0.3) is 0 Å². The van der Waals surface area contributed by atoms with Crippen molar-refractivity contribution in [3.05, 3.63) is 23.2 Å². The number of carboxylic acids is 1. The Morgan fingerprint density at radius 1 is 1.61 bits per heavy atom. The lowest BCUT2D eigenvalue weighted by Crippen LogP contribution is -2.26. The lowest BCUT2D eigenvalue weighted by atomic mass is 10.2. The molecule has 2 rings (SSSR count). The van der Waals surface area contributed by atoms with Crippen LogP contribution in [0.15, 0.2) is 10.5 Å². The van der Waals surface area contributed by atoms with E-state index in [1.54, 1.807) is 6.07 Å². The number of carboxylic acid groups (broad SMARTS) is 1. The third-order valence-electron chi connectivity index (χ3n) is 3.53. The average Bonchev–Trinajstić information content (AvgIpc) is 2.93. The molecule has 2 atom stereocenters. The van der Waals surface area contributed by atoms with Gasteiger partial charge in [0.25, 0.3) is 0 Å². The van der Waals surface area contributed by atoms with Gasteiger partial charge in [0, 0.05) is 23.4 Å². The lowest BCUT2D eigenvalue weighted by Gasteiger charge is -2.11. The van der Waals surface area contributed by atoms with Gasteiger partial charge in [0.05, 0.1) is 0 Å². The predicted octanol–water partition coefficient (Wildman–Crippen LogP) is 2.66. The fraction of sp³-hybridized carbons (Fsp3) is 0.615. The van der Waals surface area contributed by atoms with E-state index in [1.165, 1.54) is 19.3 Å². The Hall–Kier alpha value is -0.940. The summed E-state index contributed by atoms with van der Waals surface area (Å²) in [7, 11) is 0. The van der Waals surface area contributed by atoms with Crippen molar-refractivity contribution in [3.8, 4) is 0 Å². The Morgan fingerprint density at radius 3 is 2.94 bits per heavy atom. The fourth-order valence-electron chi connectivity index (χ4n) is 2.39. The second-order valence-electron chi connectivity index (χ2n) is 4.75. The maximum atomic E-state index is 10.8. The van der Waals surface area contributed by atoms with Crippen LogP contribution in [0.5, 0.6) is 0 Å². The van der Waals surface area contributed by atoms with Crippen LogP contribution in [0.2, 0.25) is 0 Å². The summed E-state index contributed by atoms with van der Waals surface area (Å²) in [6, 6.07) is 2.16. The SMILES string of the molecule is CSC1CCC(NCc2cc(C(=O)O)oc2C)C1. The molecule has 1 heterocycles. The minimum absolute atomic E-state index is 0.0257. The highest BCUT2D eigenvalue weighted by molar-refractivity contribution is 7.99. The average molecular weight is 269 g/mol. The molecule has 0 bridgehead atoms. The van der Waals surface area contributed by atoms with Crippen LogP contribution in [0.1, 0.15) is 41.1 Å². The van der Waals surface area contributed by atoms with Gasteiger partial charge in [0.15, 0.2) is 0 Å². The molecule has 1 aromatic heterocycles. The van der Waals surface area contributed by atoms with Crippen LogP contribution in [0, 0.1) is 6.92 Å². The smallest absolute Gasteiger partial charge is 0.371 e. The monoisotopic (exact) mass is 269 g/mol. The summed E-state index contributed by atoms with van der Waals surface area (Å²) >= 11 is 1.93. The second-order valence-corrected chi connectivity index (χ2v) is 5.88. The topological polar surface area (TPSA) is 62.5 Å². The molecule has 0 radical (unpaired) electrons. The number of carbonyl (C=O) groups is 1. The van der Waals surface area contributed by atoms with Gasteiger partial charge in [-0.3, -0.25) is 0 Å². The van der Waals surface area contributed by atoms with Crippen molar-refractivity contribution in [1.82, 2.24) is 5.32 Å². The van der Waals surface area contributed by atoms with E-state index in [-0.39, 0.29) is 5.76 Å². The number of nitrogens with one attached hydrogen (secondary N) is 1. The van der Waals surface area contributed by atoms with Crippen LogP contribution in [0.4, 0.5) is 0 Å². The Bertz CT molecular complexity index is 430. The zero-order valence-electron chi connectivity index (χ0n) is 10.7. The summed E-state index contributed by atoms with van der Waals surface area (Å²) in [6.07, 6.45) is 5.83. The summed E-state index contributed by atoms with van der Waals surface area (Å²) in [5.74, 6) is -0.287. The molecule has 1 aliphatic rings. The number of hydrogen-bond donors (Lipinski definition) is 2. The van der Waals surface area contributed by atoms with Gasteiger partial charge < -0.3 is 14.8 Å². The van der Waals surface area contributed by atoms with Gasteiger partial charge in [-0.2, -0.15) is 11.8 Å². The number of rotatable bonds is 5. The third-order valence-corrected chi connectivity index (χ3v) is 4.63. The standard InChI is InChI=1S/C13H19NO3S/c1-8-9(5-12(17-8)13(15)16)7-14-10-3-4-11(6-10)18-2/h5,10-11,14H,3-4,6-7H2,1-2H3,(H,15,16). The minimum atomic E-state index is -1.01. The molecule has 2 N–H and O–H groups in total. The summed E-state index contributed by atoms with van der Waals surface area (Å²) in [4.78, 5) is 10.8. The largest absolute Gasteiger partial charge is 0.475 e. The van der Waals surface area contributed by atoms with Crippen LogP contribution in [-0.4, -0.2) is 28.6 Å². The first-order chi connectivity index (χ1) is 8.60. The van der Waals surface area contributed by atoms with Crippen molar-refractivity contribution >= 4 is 17.7 Å². The summed E-state index contributed by atoms with van der Waals surface area (Å²) in [5.41, 5.74) is 0.944. The van der Waals surface area contributed by atoms with Crippen LogP contribution in [-0.2, 0) is 6.54 Å². The highest BCUT2D eigenvalue weighted by Crippen LogP contribution is 2.28. The van der Waals surface area contributed by atoms with Gasteiger partial charge in [-0.1, -0.05) is 0 Å². The first-order valence-corrected chi connectivity index (χ1v) is 7.47. The quantitative estimate of drug-likeness (QED) is 0.860. The molecule has 0 aliphatic heterocycles. The molecule has 18 heavy (non-hydrogen) atoms. The molecule has 0 saturated heterocycles. The third kappa shape index (κ3) is 3.09. The van der Waals surface area contributed by atoms with E-state index in [0.717, 1.165) is 10.8 Å². The molecule has 4 nitrogen and oxygen atoms in total. The summed E-state index contributed by atoms with van der Waals surface area (Å²) < 4.78 is 5.19. The number of hydrogen-bond acceptors (Lipinski definition) is 4. The number of furan rings is 1. The first-order valence-electron chi connectivity index (χ1n) is 6.19. The van der Waals surface area contributed by atoms with Crippen molar-refractivity contribution in [1.29, 1.82) is 0 Å². The fourth-order valence-corrected chi connectivity index (χ4v) is 3.19. The summed E-state index contributed by atoms with van der Waals surface area (Å²) in [5, 5.41) is 13.1. The molecule has 2 unspecified atom stereocenters. The van der Waals surface area contributed by atoms with E-state index in [1.807, 2.05) is 18.7 Å². The maximum Gasteiger partial charge on any atom is 0.371 e. The van der Waals surface area contributed by atoms with Crippen molar-refractivity contribution in [2.45, 2.75) is 44.0 Å². The Labute approximate surface area is 111 Å². The maximum absolute atomic E-state index is 10.8. The van der Waals surface area contributed by atoms with Gasteiger partial charge in [-0.05, 0) is 38.5 Å². The Morgan fingerprint density at radius 2 is 2.39 bits per heavy atom. The van der Waals surface area contributed by atoms with E-state index >= 15 is 0 Å². The number of thioether (sulfide) groups is 1. The highest BCUT2D eigenvalue weighted by atomic mass is 32.2. The van der Waals surface area contributed by atoms with Crippen molar-refractivity contribution in [2.75, 3.05) is 6.26 Å². The zero-order valence-corrected chi connectivity index (χ0v) is 11.5. The van der Waals surface area contributed by atoms with E-state index in [9.17, 15) is 4.79 Å². The number of aryl methyl sites for hydroxylation is 1. The molecule has 1 fully saturated rings. The molecule has 100 valence electrons. The molecular weight excluding hydrogens is 250 g/mol. The van der Waals surface area contributed by atoms with Crippen molar-refractivity contribution < 1.29 is 14.3 Å². The zero-order chi connectivity index (χ0) is 13.1. The van der Waals surface area contributed by atoms with Crippen LogP contribution in [0.3, 0.4) is 0 Å². The van der Waals surface area contributed by atoms with Gasteiger partial charge in [-0.15, -0.1) is 0 Å². The van der Waals surface area contributed by atoms with E-state index < -0.39 is 5.97 Å². The highest BCUT2D eigenvalue weighted by Gasteiger charge is 2.23. The Kier molecular flexibility index (Phi) is 4.35. The normalized spacial score (nSPS) is 23.4.